The molecule has 0 aliphatic heterocycles. The summed E-state index contributed by atoms with van der Waals surface area (Å²) in [5, 5.41) is 3.04. The Kier molecular flexibility index (Phi) is 4.81. The monoisotopic (exact) mass is 263 g/mol. The number of rotatable bonds is 5. The van der Waals surface area contributed by atoms with Gasteiger partial charge in [-0.05, 0) is 38.5 Å². The number of nitrogens with one attached hydrogen (secondary N) is 1. The van der Waals surface area contributed by atoms with E-state index in [-0.39, 0.29) is 11.4 Å². The quantitative estimate of drug-likeness (QED) is 0.803. The minimum absolute atomic E-state index is 0.0737. The second-order valence-corrected chi connectivity index (χ2v) is 5.76. The summed E-state index contributed by atoms with van der Waals surface area (Å²) in [4.78, 5) is 14.1. The summed E-state index contributed by atoms with van der Waals surface area (Å²) in [6, 6.07) is 5.41. The second-order valence-electron chi connectivity index (χ2n) is 5.76. The molecule has 1 aromatic rings. The lowest BCUT2D eigenvalue weighted by molar-refractivity contribution is 0.0909. The van der Waals surface area contributed by atoms with Crippen molar-refractivity contribution in [2.24, 2.45) is 0 Å². The van der Waals surface area contributed by atoms with Crippen LogP contribution in [0, 0.1) is 0 Å². The lowest BCUT2D eigenvalue weighted by Gasteiger charge is -2.26. The van der Waals surface area contributed by atoms with Crippen molar-refractivity contribution in [3.05, 3.63) is 23.8 Å². The van der Waals surface area contributed by atoms with Crippen LogP contribution in [0.5, 0.6) is 0 Å². The lowest BCUT2D eigenvalue weighted by atomic mass is 9.98. The van der Waals surface area contributed by atoms with Gasteiger partial charge in [-0.15, -0.1) is 0 Å². The summed E-state index contributed by atoms with van der Waals surface area (Å²) in [5.74, 6) is -0.0737. The number of nitrogens with zero attached hydrogens (tertiary/aromatic N) is 1. The maximum absolute atomic E-state index is 12.2. The number of carbonyl (C=O) groups is 1. The van der Waals surface area contributed by atoms with Gasteiger partial charge in [-0.3, -0.25) is 4.79 Å². The largest absolute Gasteiger partial charge is 0.397 e. The molecule has 0 saturated carbocycles. The molecule has 0 fully saturated rings. The maximum Gasteiger partial charge on any atom is 0.251 e. The molecule has 0 aliphatic rings. The molecule has 19 heavy (non-hydrogen) atoms. The molecule has 0 spiro atoms. The van der Waals surface area contributed by atoms with E-state index in [1.165, 1.54) is 0 Å². The van der Waals surface area contributed by atoms with Crippen molar-refractivity contribution < 1.29 is 4.79 Å². The molecule has 0 unspecified atom stereocenters. The van der Waals surface area contributed by atoms with E-state index >= 15 is 0 Å². The van der Waals surface area contributed by atoms with E-state index in [9.17, 15) is 4.79 Å². The summed E-state index contributed by atoms with van der Waals surface area (Å²) in [5.41, 5.74) is 7.91. The molecule has 106 valence electrons. The second kappa shape index (κ2) is 5.95. The predicted octanol–water partition coefficient (Wildman–Crippen LogP) is 2.64. The molecule has 0 bridgehead atoms. The van der Waals surface area contributed by atoms with E-state index in [2.05, 4.69) is 12.2 Å². The Hall–Kier alpha value is -1.71. The summed E-state index contributed by atoms with van der Waals surface area (Å²) in [6.45, 7) is 6.18. The highest BCUT2D eigenvalue weighted by Crippen LogP contribution is 2.22. The fourth-order valence-electron chi connectivity index (χ4n) is 2.17. The Morgan fingerprint density at radius 2 is 2.00 bits per heavy atom. The zero-order chi connectivity index (χ0) is 14.6. The number of nitrogens with two attached hydrogens (primary N) is 1. The van der Waals surface area contributed by atoms with Crippen LogP contribution in [0.3, 0.4) is 0 Å². The van der Waals surface area contributed by atoms with Crippen LogP contribution in [0.1, 0.15) is 44.0 Å². The Labute approximate surface area is 116 Å². The molecule has 0 aromatic heterocycles. The third-order valence-corrected chi connectivity index (χ3v) is 3.10. The fraction of sp³-hybridized carbons (Fsp3) is 0.533. The molecule has 0 heterocycles. The van der Waals surface area contributed by atoms with Crippen LogP contribution >= 0.6 is 0 Å². The summed E-state index contributed by atoms with van der Waals surface area (Å²) in [6.07, 6.45) is 1.99. The van der Waals surface area contributed by atoms with E-state index in [0.29, 0.717) is 11.3 Å². The van der Waals surface area contributed by atoms with Gasteiger partial charge in [0.05, 0.1) is 11.4 Å². The van der Waals surface area contributed by atoms with Crippen molar-refractivity contribution in [1.82, 2.24) is 5.32 Å². The van der Waals surface area contributed by atoms with Gasteiger partial charge in [-0.1, -0.05) is 13.3 Å². The zero-order valence-electron chi connectivity index (χ0n) is 12.6. The first-order chi connectivity index (χ1) is 8.76. The smallest absolute Gasteiger partial charge is 0.251 e. The first-order valence-electron chi connectivity index (χ1n) is 6.66. The van der Waals surface area contributed by atoms with Crippen LogP contribution < -0.4 is 16.0 Å². The Balaban J connectivity index is 2.87. The molecule has 4 nitrogen and oxygen atoms in total. The van der Waals surface area contributed by atoms with Crippen molar-refractivity contribution in [2.75, 3.05) is 24.7 Å². The summed E-state index contributed by atoms with van der Waals surface area (Å²) < 4.78 is 0. The lowest BCUT2D eigenvalue weighted by Crippen LogP contribution is -2.43. The van der Waals surface area contributed by atoms with Crippen molar-refractivity contribution in [2.45, 2.75) is 39.2 Å². The number of hydrogen-bond acceptors (Lipinski definition) is 3. The summed E-state index contributed by atoms with van der Waals surface area (Å²) >= 11 is 0. The zero-order valence-corrected chi connectivity index (χ0v) is 12.6. The van der Waals surface area contributed by atoms with E-state index in [4.69, 9.17) is 5.73 Å². The van der Waals surface area contributed by atoms with Crippen LogP contribution in [0.2, 0.25) is 0 Å². The minimum atomic E-state index is -0.194. The van der Waals surface area contributed by atoms with Gasteiger partial charge in [0.25, 0.3) is 5.91 Å². The standard InChI is InChI=1S/C15H25N3O/c1-6-9-15(2,3)17-14(19)11-7-8-13(18(4)5)12(16)10-11/h7-8,10H,6,9,16H2,1-5H3,(H,17,19). The average molecular weight is 263 g/mol. The molecule has 1 aromatic carbocycles. The highest BCUT2D eigenvalue weighted by atomic mass is 16.1. The Morgan fingerprint density at radius 3 is 2.47 bits per heavy atom. The van der Waals surface area contributed by atoms with Crippen molar-refractivity contribution >= 4 is 17.3 Å². The highest BCUT2D eigenvalue weighted by molar-refractivity contribution is 5.96. The first-order valence-corrected chi connectivity index (χ1v) is 6.66. The molecule has 0 radical (unpaired) electrons. The van der Waals surface area contributed by atoms with Crippen LogP contribution in [-0.2, 0) is 0 Å². The summed E-state index contributed by atoms with van der Waals surface area (Å²) in [7, 11) is 3.85. The molecular formula is C15H25N3O. The van der Waals surface area contributed by atoms with Gasteiger partial charge in [-0.2, -0.15) is 0 Å². The third kappa shape index (κ3) is 4.16. The molecule has 0 atom stereocenters. The SMILES string of the molecule is CCCC(C)(C)NC(=O)c1ccc(N(C)C)c(N)c1. The number of benzene rings is 1. The number of anilines is 2. The Morgan fingerprint density at radius 1 is 1.37 bits per heavy atom. The van der Waals surface area contributed by atoms with E-state index < -0.39 is 0 Å². The Bertz CT molecular complexity index is 453. The molecule has 4 heteroatoms. The van der Waals surface area contributed by atoms with Crippen LogP contribution in [-0.4, -0.2) is 25.5 Å². The normalized spacial score (nSPS) is 11.2. The number of amides is 1. The molecule has 1 amide bonds. The highest BCUT2D eigenvalue weighted by Gasteiger charge is 2.20. The van der Waals surface area contributed by atoms with Gasteiger partial charge in [0, 0.05) is 25.2 Å². The predicted molar refractivity (Wildman–Crippen MR) is 81.6 cm³/mol. The molecule has 0 aliphatic carbocycles. The number of nitrogen functional groups attached to an aromatic ring is 1. The minimum Gasteiger partial charge on any atom is -0.397 e. The van der Waals surface area contributed by atoms with Gasteiger partial charge in [-0.25, -0.2) is 0 Å². The van der Waals surface area contributed by atoms with Crippen molar-refractivity contribution in [1.29, 1.82) is 0 Å². The first kappa shape index (κ1) is 15.3. The molecule has 1 rings (SSSR count). The van der Waals surface area contributed by atoms with Crippen LogP contribution in [0.25, 0.3) is 0 Å². The van der Waals surface area contributed by atoms with E-state index in [1.54, 1.807) is 6.07 Å². The number of carbonyl (C=O) groups excluding carboxylic acids is 1. The van der Waals surface area contributed by atoms with E-state index in [0.717, 1.165) is 18.5 Å². The van der Waals surface area contributed by atoms with E-state index in [1.807, 2.05) is 45.0 Å². The molecule has 0 saturated heterocycles. The molecular weight excluding hydrogens is 238 g/mol. The topological polar surface area (TPSA) is 58.4 Å². The van der Waals surface area contributed by atoms with Crippen LogP contribution in [0.4, 0.5) is 11.4 Å². The van der Waals surface area contributed by atoms with Gasteiger partial charge in [0.15, 0.2) is 0 Å². The fourth-order valence-corrected chi connectivity index (χ4v) is 2.17. The van der Waals surface area contributed by atoms with Crippen LogP contribution in [0.15, 0.2) is 18.2 Å². The van der Waals surface area contributed by atoms with Gasteiger partial charge in [0.1, 0.15) is 0 Å². The van der Waals surface area contributed by atoms with Gasteiger partial charge < -0.3 is 16.0 Å². The van der Waals surface area contributed by atoms with Gasteiger partial charge >= 0.3 is 0 Å². The maximum atomic E-state index is 12.2. The van der Waals surface area contributed by atoms with Crippen molar-refractivity contribution in [3.63, 3.8) is 0 Å². The molecule has 3 N–H and O–H groups in total. The third-order valence-electron chi connectivity index (χ3n) is 3.10. The van der Waals surface area contributed by atoms with Gasteiger partial charge in [0.2, 0.25) is 0 Å². The average Bonchev–Trinajstić information content (AvgIpc) is 2.27. The number of hydrogen-bond donors (Lipinski definition) is 2. The van der Waals surface area contributed by atoms with Crippen molar-refractivity contribution in [3.8, 4) is 0 Å².